The molecule has 9 heteroatoms. The van der Waals surface area contributed by atoms with Gasteiger partial charge in [0.1, 0.15) is 0 Å². The number of nitrogens with zero attached hydrogens (tertiary/aromatic N) is 2. The van der Waals surface area contributed by atoms with Gasteiger partial charge in [-0.2, -0.15) is 5.10 Å². The largest absolute Gasteiger partial charge is 0.375 e. The molecule has 0 aliphatic carbocycles. The van der Waals surface area contributed by atoms with Crippen LogP contribution in [-0.2, 0) is 5.75 Å². The molecule has 6 nitrogen and oxygen atoms in total. The highest BCUT2D eigenvalue weighted by atomic mass is 35.5. The molecule has 0 saturated heterocycles. The minimum absolute atomic E-state index is 0.0115. The maximum Gasteiger partial charge on any atom is 0.270 e. The maximum absolute atomic E-state index is 10.9. The summed E-state index contributed by atoms with van der Waals surface area (Å²) in [5, 5.41) is 15.5. The minimum Gasteiger partial charge on any atom is -0.375 e. The zero-order valence-electron chi connectivity index (χ0n) is 12.3. The van der Waals surface area contributed by atoms with E-state index in [4.69, 9.17) is 17.3 Å². The first-order chi connectivity index (χ1) is 11.5. The number of nitrogens with two attached hydrogens (primary N) is 1. The van der Waals surface area contributed by atoms with Crippen molar-refractivity contribution in [2.75, 3.05) is 0 Å². The van der Waals surface area contributed by atoms with Crippen LogP contribution in [0.15, 0.2) is 52.5 Å². The second-order valence-electron chi connectivity index (χ2n) is 4.63. The molecule has 0 fully saturated rings. The molecule has 0 atom stereocenters. The molecule has 0 aromatic heterocycles. The summed E-state index contributed by atoms with van der Waals surface area (Å²) in [6.07, 6.45) is 1.45. The Kier molecular flexibility index (Phi) is 6.53. The van der Waals surface area contributed by atoms with Crippen molar-refractivity contribution in [1.82, 2.24) is 5.43 Å². The SMILES string of the molecule is NC(=S)NN=Cc1cc([N+](=O)[O-])ccc1SCc1ccc(Cl)cc1. The average Bonchev–Trinajstić information content (AvgIpc) is 2.54. The number of hydrogen-bond acceptors (Lipinski definition) is 5. The van der Waals surface area contributed by atoms with E-state index in [1.54, 1.807) is 6.07 Å². The van der Waals surface area contributed by atoms with Crippen molar-refractivity contribution in [2.45, 2.75) is 10.6 Å². The van der Waals surface area contributed by atoms with Crippen molar-refractivity contribution in [3.63, 3.8) is 0 Å². The Hall–Kier alpha value is -2.16. The summed E-state index contributed by atoms with van der Waals surface area (Å²) in [5.41, 5.74) is 9.42. The van der Waals surface area contributed by atoms with Crippen LogP contribution in [0.2, 0.25) is 5.02 Å². The van der Waals surface area contributed by atoms with Gasteiger partial charge in [0.15, 0.2) is 5.11 Å². The van der Waals surface area contributed by atoms with E-state index in [-0.39, 0.29) is 10.8 Å². The number of non-ortho nitro benzene ring substituents is 1. The molecule has 0 saturated carbocycles. The van der Waals surface area contributed by atoms with Gasteiger partial charge in [-0.3, -0.25) is 15.5 Å². The number of hydrogen-bond donors (Lipinski definition) is 2. The Labute approximate surface area is 153 Å². The van der Waals surface area contributed by atoms with Crippen molar-refractivity contribution in [1.29, 1.82) is 0 Å². The van der Waals surface area contributed by atoms with E-state index in [1.165, 1.54) is 30.1 Å². The van der Waals surface area contributed by atoms with Crippen molar-refractivity contribution >= 4 is 52.6 Å². The van der Waals surface area contributed by atoms with Crippen LogP contribution in [0.5, 0.6) is 0 Å². The second kappa shape index (κ2) is 8.62. The number of nitrogens with one attached hydrogen (secondary N) is 1. The Morgan fingerprint density at radius 1 is 1.38 bits per heavy atom. The Morgan fingerprint density at radius 3 is 2.71 bits per heavy atom. The first kappa shape index (κ1) is 18.2. The molecule has 124 valence electrons. The quantitative estimate of drug-likeness (QED) is 0.261. The van der Waals surface area contributed by atoms with E-state index in [0.29, 0.717) is 16.3 Å². The first-order valence-electron chi connectivity index (χ1n) is 6.70. The molecule has 0 radical (unpaired) electrons. The number of nitro benzene ring substituents is 1. The molecule has 0 aliphatic rings. The molecular formula is C15H13ClN4O2S2. The zero-order chi connectivity index (χ0) is 17.5. The second-order valence-corrected chi connectivity index (χ2v) is 6.52. The third-order valence-corrected chi connectivity index (χ3v) is 4.39. The van der Waals surface area contributed by atoms with Gasteiger partial charge in [-0.05, 0) is 36.0 Å². The minimum atomic E-state index is -0.452. The molecule has 2 aromatic rings. The lowest BCUT2D eigenvalue weighted by molar-refractivity contribution is -0.384. The number of halogens is 1. The van der Waals surface area contributed by atoms with Gasteiger partial charge < -0.3 is 5.73 Å². The Balaban J connectivity index is 2.20. The number of hydrazone groups is 1. The fourth-order valence-corrected chi connectivity index (χ4v) is 2.92. The number of rotatable bonds is 6. The molecular weight excluding hydrogens is 368 g/mol. The standard InChI is InChI=1S/C15H13ClN4O2S2/c16-12-3-1-10(2-4-12)9-24-14-6-5-13(20(21)22)7-11(14)8-18-19-15(17)23/h1-8H,9H2,(H3,17,19,23). The predicted molar refractivity (Wildman–Crippen MR) is 102 cm³/mol. The lowest BCUT2D eigenvalue weighted by Gasteiger charge is -2.06. The van der Waals surface area contributed by atoms with Gasteiger partial charge in [0.25, 0.3) is 5.69 Å². The highest BCUT2D eigenvalue weighted by Gasteiger charge is 2.10. The summed E-state index contributed by atoms with van der Waals surface area (Å²) >= 11 is 12.1. The van der Waals surface area contributed by atoms with E-state index < -0.39 is 4.92 Å². The summed E-state index contributed by atoms with van der Waals surface area (Å²) in [4.78, 5) is 11.3. The summed E-state index contributed by atoms with van der Waals surface area (Å²) in [5.74, 6) is 0.693. The van der Waals surface area contributed by atoms with Crippen molar-refractivity contribution < 1.29 is 4.92 Å². The topological polar surface area (TPSA) is 93.5 Å². The van der Waals surface area contributed by atoms with Crippen LogP contribution in [0.3, 0.4) is 0 Å². The fourth-order valence-electron chi connectivity index (χ4n) is 1.79. The maximum atomic E-state index is 10.9. The fraction of sp³-hybridized carbons (Fsp3) is 0.0667. The van der Waals surface area contributed by atoms with E-state index in [0.717, 1.165) is 10.5 Å². The lowest BCUT2D eigenvalue weighted by Crippen LogP contribution is -2.24. The molecule has 3 N–H and O–H groups in total. The van der Waals surface area contributed by atoms with Crippen LogP contribution >= 0.6 is 35.6 Å². The van der Waals surface area contributed by atoms with Crippen LogP contribution < -0.4 is 11.2 Å². The first-order valence-corrected chi connectivity index (χ1v) is 8.47. The molecule has 0 bridgehead atoms. The van der Waals surface area contributed by atoms with Gasteiger partial charge in [-0.15, -0.1) is 11.8 Å². The zero-order valence-corrected chi connectivity index (χ0v) is 14.7. The number of benzene rings is 2. The Bertz CT molecular complexity index is 782. The lowest BCUT2D eigenvalue weighted by atomic mass is 10.2. The van der Waals surface area contributed by atoms with Crippen molar-refractivity contribution in [3.05, 3.63) is 68.7 Å². The third-order valence-electron chi connectivity index (χ3n) is 2.89. The molecule has 0 unspecified atom stereocenters. The van der Waals surface area contributed by atoms with Gasteiger partial charge in [0, 0.05) is 33.4 Å². The summed E-state index contributed by atoms with van der Waals surface area (Å²) in [7, 11) is 0. The number of thiocarbonyl (C=S) groups is 1. The monoisotopic (exact) mass is 380 g/mol. The summed E-state index contributed by atoms with van der Waals surface area (Å²) in [6.45, 7) is 0. The van der Waals surface area contributed by atoms with Crippen LogP contribution in [0.4, 0.5) is 5.69 Å². The highest BCUT2D eigenvalue weighted by Crippen LogP contribution is 2.28. The van der Waals surface area contributed by atoms with E-state index in [1.807, 2.05) is 24.3 Å². The molecule has 2 aromatic carbocycles. The van der Waals surface area contributed by atoms with Crippen molar-refractivity contribution in [3.8, 4) is 0 Å². The van der Waals surface area contributed by atoms with Crippen LogP contribution in [-0.4, -0.2) is 16.3 Å². The smallest absolute Gasteiger partial charge is 0.270 e. The average molecular weight is 381 g/mol. The van der Waals surface area contributed by atoms with Crippen LogP contribution in [0.1, 0.15) is 11.1 Å². The van der Waals surface area contributed by atoms with Gasteiger partial charge in [0.05, 0.1) is 11.1 Å². The van der Waals surface area contributed by atoms with Gasteiger partial charge in [0.2, 0.25) is 0 Å². The Morgan fingerprint density at radius 2 is 2.08 bits per heavy atom. The van der Waals surface area contributed by atoms with E-state index in [9.17, 15) is 10.1 Å². The van der Waals surface area contributed by atoms with Gasteiger partial charge in [-0.1, -0.05) is 23.7 Å². The highest BCUT2D eigenvalue weighted by molar-refractivity contribution is 7.98. The predicted octanol–water partition coefficient (Wildman–Crippen LogP) is 3.71. The molecule has 2 rings (SSSR count). The number of nitro groups is 1. The normalized spacial score (nSPS) is 10.7. The van der Waals surface area contributed by atoms with Crippen molar-refractivity contribution in [2.24, 2.45) is 10.8 Å². The van der Waals surface area contributed by atoms with Crippen LogP contribution in [0.25, 0.3) is 0 Å². The summed E-state index contributed by atoms with van der Waals surface area (Å²) < 4.78 is 0. The third kappa shape index (κ3) is 5.48. The number of thioether (sulfide) groups is 1. The molecule has 24 heavy (non-hydrogen) atoms. The molecule has 0 amide bonds. The molecule has 0 heterocycles. The van der Waals surface area contributed by atoms with E-state index >= 15 is 0 Å². The van der Waals surface area contributed by atoms with Gasteiger partial charge >= 0.3 is 0 Å². The van der Waals surface area contributed by atoms with Crippen LogP contribution in [0, 0.1) is 10.1 Å². The summed E-state index contributed by atoms with van der Waals surface area (Å²) in [6, 6.07) is 12.1. The molecule has 0 spiro atoms. The van der Waals surface area contributed by atoms with E-state index in [2.05, 4.69) is 22.7 Å². The molecule has 0 aliphatic heterocycles. The van der Waals surface area contributed by atoms with Gasteiger partial charge in [-0.25, -0.2) is 0 Å².